The number of nitriles is 1. The topological polar surface area (TPSA) is 45.0 Å². The Morgan fingerprint density at radius 2 is 2.17 bits per heavy atom. The molecule has 0 aliphatic heterocycles. The van der Waals surface area contributed by atoms with Crippen LogP contribution in [-0.2, 0) is 0 Å². The van der Waals surface area contributed by atoms with Gasteiger partial charge in [-0.15, -0.1) is 0 Å². The van der Waals surface area contributed by atoms with E-state index in [1.54, 1.807) is 7.11 Å². The van der Waals surface area contributed by atoms with Crippen molar-refractivity contribution in [3.63, 3.8) is 0 Å². The quantitative estimate of drug-likeness (QED) is 0.791. The number of hydrogen-bond donors (Lipinski definition) is 1. The van der Waals surface area contributed by atoms with Gasteiger partial charge in [-0.2, -0.15) is 5.26 Å². The average Bonchev–Trinajstić information content (AvgIpc) is 2.44. The zero-order valence-electron chi connectivity index (χ0n) is 11.5. The fourth-order valence-corrected chi connectivity index (χ4v) is 1.95. The fourth-order valence-electron chi connectivity index (χ4n) is 1.95. The van der Waals surface area contributed by atoms with Crippen LogP contribution in [0.4, 0.5) is 5.69 Å². The van der Waals surface area contributed by atoms with Crippen LogP contribution in [0.15, 0.2) is 24.3 Å². The van der Waals surface area contributed by atoms with Crippen molar-refractivity contribution < 1.29 is 4.74 Å². The Hall–Kier alpha value is -1.69. The van der Waals surface area contributed by atoms with Gasteiger partial charge in [-0.1, -0.05) is 32.8 Å². The molecule has 0 aliphatic carbocycles. The lowest BCUT2D eigenvalue weighted by Crippen LogP contribution is -2.35. The summed E-state index contributed by atoms with van der Waals surface area (Å²) in [5, 5.41) is 12.8. The molecule has 18 heavy (non-hydrogen) atoms. The van der Waals surface area contributed by atoms with Gasteiger partial charge in [0.2, 0.25) is 0 Å². The molecule has 0 aromatic heterocycles. The van der Waals surface area contributed by atoms with Crippen molar-refractivity contribution in [2.24, 2.45) is 0 Å². The van der Waals surface area contributed by atoms with Crippen LogP contribution in [0, 0.1) is 11.3 Å². The molecular formula is C15H22N2O. The zero-order valence-corrected chi connectivity index (χ0v) is 11.5. The summed E-state index contributed by atoms with van der Waals surface area (Å²) in [6.07, 6.45) is 3.82. The highest BCUT2D eigenvalue weighted by Crippen LogP contribution is 2.26. The van der Waals surface area contributed by atoms with Crippen molar-refractivity contribution >= 4 is 5.69 Å². The summed E-state index contributed by atoms with van der Waals surface area (Å²) in [4.78, 5) is 0. The van der Waals surface area contributed by atoms with E-state index < -0.39 is 5.54 Å². The molecule has 0 amide bonds. The second-order valence-electron chi connectivity index (χ2n) is 4.51. The van der Waals surface area contributed by atoms with E-state index in [9.17, 15) is 5.26 Å². The molecule has 0 aliphatic rings. The van der Waals surface area contributed by atoms with Crippen molar-refractivity contribution in [1.82, 2.24) is 0 Å². The van der Waals surface area contributed by atoms with Crippen LogP contribution in [0.1, 0.15) is 39.5 Å². The first kappa shape index (κ1) is 14.4. The Labute approximate surface area is 110 Å². The van der Waals surface area contributed by atoms with Crippen LogP contribution >= 0.6 is 0 Å². The van der Waals surface area contributed by atoms with Crippen molar-refractivity contribution in [3.05, 3.63) is 24.3 Å². The van der Waals surface area contributed by atoms with Gasteiger partial charge >= 0.3 is 0 Å². The predicted molar refractivity (Wildman–Crippen MR) is 74.8 cm³/mol. The number of nitrogens with one attached hydrogen (secondary N) is 1. The first-order valence-electron chi connectivity index (χ1n) is 6.53. The van der Waals surface area contributed by atoms with Crippen molar-refractivity contribution in [2.45, 2.75) is 45.1 Å². The summed E-state index contributed by atoms with van der Waals surface area (Å²) in [5.74, 6) is 0.804. The van der Waals surface area contributed by atoms with E-state index in [0.29, 0.717) is 0 Å². The van der Waals surface area contributed by atoms with Gasteiger partial charge in [0.1, 0.15) is 11.3 Å². The summed E-state index contributed by atoms with van der Waals surface area (Å²) >= 11 is 0. The van der Waals surface area contributed by atoms with Gasteiger partial charge in [-0.05, 0) is 25.0 Å². The van der Waals surface area contributed by atoms with Gasteiger partial charge in [0.05, 0.1) is 13.2 Å². The zero-order chi connectivity index (χ0) is 13.4. The van der Waals surface area contributed by atoms with E-state index in [0.717, 1.165) is 37.1 Å². The van der Waals surface area contributed by atoms with E-state index in [4.69, 9.17) is 4.74 Å². The highest BCUT2D eigenvalue weighted by Gasteiger charge is 2.26. The second kappa shape index (κ2) is 6.90. The summed E-state index contributed by atoms with van der Waals surface area (Å²) in [7, 11) is 1.65. The van der Waals surface area contributed by atoms with E-state index in [1.807, 2.05) is 31.2 Å². The minimum absolute atomic E-state index is 0.470. The molecule has 3 heteroatoms. The summed E-state index contributed by atoms with van der Waals surface area (Å²) in [6, 6.07) is 10.2. The molecule has 3 nitrogen and oxygen atoms in total. The lowest BCUT2D eigenvalue weighted by atomic mass is 9.91. The molecule has 0 bridgehead atoms. The molecule has 0 fully saturated rings. The minimum atomic E-state index is -0.470. The first-order valence-corrected chi connectivity index (χ1v) is 6.53. The maximum absolute atomic E-state index is 9.45. The Morgan fingerprint density at radius 1 is 1.39 bits per heavy atom. The van der Waals surface area contributed by atoms with Crippen molar-refractivity contribution in [1.29, 1.82) is 5.26 Å². The van der Waals surface area contributed by atoms with Crippen molar-refractivity contribution in [3.8, 4) is 11.8 Å². The van der Waals surface area contributed by atoms with Gasteiger partial charge in [0, 0.05) is 11.8 Å². The van der Waals surface area contributed by atoms with E-state index in [1.165, 1.54) is 0 Å². The number of ether oxygens (including phenoxy) is 1. The Balaban J connectivity index is 2.85. The Bertz CT molecular complexity index is 411. The highest BCUT2D eigenvalue weighted by atomic mass is 16.5. The molecule has 0 spiro atoms. The average molecular weight is 246 g/mol. The maximum atomic E-state index is 9.45. The molecule has 0 radical (unpaired) electrons. The third-order valence-electron chi connectivity index (χ3n) is 3.23. The normalized spacial score (nSPS) is 13.4. The molecule has 1 aromatic rings. The van der Waals surface area contributed by atoms with E-state index in [-0.39, 0.29) is 0 Å². The number of anilines is 1. The molecule has 1 atom stereocenters. The predicted octanol–water partition coefficient (Wildman–Crippen LogP) is 3.97. The van der Waals surface area contributed by atoms with Gasteiger partial charge in [0.25, 0.3) is 0 Å². The molecule has 0 saturated carbocycles. The summed E-state index contributed by atoms with van der Waals surface area (Å²) in [6.45, 7) is 4.19. The van der Waals surface area contributed by atoms with Gasteiger partial charge < -0.3 is 10.1 Å². The number of unbranched alkanes of at least 4 members (excludes halogenated alkanes) is 1. The van der Waals surface area contributed by atoms with Crippen LogP contribution in [-0.4, -0.2) is 12.6 Å². The second-order valence-corrected chi connectivity index (χ2v) is 4.51. The molecule has 0 heterocycles. The van der Waals surface area contributed by atoms with Crippen LogP contribution < -0.4 is 10.1 Å². The van der Waals surface area contributed by atoms with Crippen molar-refractivity contribution in [2.75, 3.05) is 12.4 Å². The standard InChI is InChI=1S/C15H22N2O/c1-4-6-10-15(5-2,12-16)17-13-8-7-9-14(11-13)18-3/h7-9,11,17H,4-6,10H2,1-3H3. The molecule has 0 saturated heterocycles. The van der Waals surface area contributed by atoms with Crippen LogP contribution in [0.2, 0.25) is 0 Å². The smallest absolute Gasteiger partial charge is 0.125 e. The number of hydrogen-bond acceptors (Lipinski definition) is 3. The van der Waals surface area contributed by atoms with E-state index in [2.05, 4.69) is 18.3 Å². The number of benzene rings is 1. The third kappa shape index (κ3) is 3.66. The fraction of sp³-hybridized carbons (Fsp3) is 0.533. The first-order chi connectivity index (χ1) is 8.69. The molecule has 1 rings (SSSR count). The Morgan fingerprint density at radius 3 is 2.72 bits per heavy atom. The lowest BCUT2D eigenvalue weighted by molar-refractivity contribution is 0.414. The minimum Gasteiger partial charge on any atom is -0.497 e. The molecule has 1 aromatic carbocycles. The number of rotatable bonds is 7. The lowest BCUT2D eigenvalue weighted by Gasteiger charge is -2.27. The molecule has 98 valence electrons. The molecular weight excluding hydrogens is 224 g/mol. The number of nitrogens with zero attached hydrogens (tertiary/aromatic N) is 1. The van der Waals surface area contributed by atoms with Gasteiger partial charge in [-0.25, -0.2) is 0 Å². The van der Waals surface area contributed by atoms with E-state index >= 15 is 0 Å². The molecule has 1 N–H and O–H groups in total. The largest absolute Gasteiger partial charge is 0.497 e. The summed E-state index contributed by atoms with van der Waals surface area (Å²) < 4.78 is 5.19. The third-order valence-corrected chi connectivity index (χ3v) is 3.23. The monoisotopic (exact) mass is 246 g/mol. The Kier molecular flexibility index (Phi) is 5.51. The van der Waals surface area contributed by atoms with Crippen LogP contribution in [0.25, 0.3) is 0 Å². The van der Waals surface area contributed by atoms with Gasteiger partial charge in [-0.3, -0.25) is 0 Å². The summed E-state index contributed by atoms with van der Waals surface area (Å²) in [5.41, 5.74) is 0.469. The molecule has 1 unspecified atom stereocenters. The van der Waals surface area contributed by atoms with Gasteiger partial charge in [0.15, 0.2) is 0 Å². The number of methoxy groups -OCH3 is 1. The SMILES string of the molecule is CCCCC(C#N)(CC)Nc1cccc(OC)c1. The van der Waals surface area contributed by atoms with Crippen LogP contribution in [0.5, 0.6) is 5.75 Å². The maximum Gasteiger partial charge on any atom is 0.125 e. The van der Waals surface area contributed by atoms with Crippen LogP contribution in [0.3, 0.4) is 0 Å². The highest BCUT2D eigenvalue weighted by molar-refractivity contribution is 5.51.